The summed E-state index contributed by atoms with van der Waals surface area (Å²) in [6.07, 6.45) is 4.04. The predicted octanol–water partition coefficient (Wildman–Crippen LogP) is 1.62. The van der Waals surface area contributed by atoms with Gasteiger partial charge in [0.2, 0.25) is 10.0 Å². The fourth-order valence-corrected chi connectivity index (χ4v) is 3.59. The van der Waals surface area contributed by atoms with Gasteiger partial charge in [0.1, 0.15) is 0 Å². The van der Waals surface area contributed by atoms with Crippen LogP contribution in [0.1, 0.15) is 45.3 Å². The predicted molar refractivity (Wildman–Crippen MR) is 75.5 cm³/mol. The van der Waals surface area contributed by atoms with Crippen LogP contribution in [0.3, 0.4) is 0 Å². The molecule has 1 aromatic rings. The van der Waals surface area contributed by atoms with Crippen LogP contribution in [0, 0.1) is 0 Å². The van der Waals surface area contributed by atoms with Crippen LogP contribution in [0.5, 0.6) is 0 Å². The highest BCUT2D eigenvalue weighted by molar-refractivity contribution is 7.89. The molecule has 1 saturated carbocycles. The van der Waals surface area contributed by atoms with E-state index < -0.39 is 15.6 Å². The molecule has 6 heteroatoms. The van der Waals surface area contributed by atoms with Gasteiger partial charge in [-0.3, -0.25) is 0 Å². The lowest BCUT2D eigenvalue weighted by atomic mass is 10.1. The van der Waals surface area contributed by atoms with Crippen LogP contribution in [-0.4, -0.2) is 25.6 Å². The molecule has 1 aromatic heterocycles. The Kier molecular flexibility index (Phi) is 3.77. The number of rotatable bonds is 5. The summed E-state index contributed by atoms with van der Waals surface area (Å²) in [7, 11) is -1.58. The van der Waals surface area contributed by atoms with Crippen LogP contribution in [0.2, 0.25) is 0 Å². The molecule has 0 spiro atoms. The molecule has 1 heterocycles. The maximum atomic E-state index is 12.3. The second-order valence-corrected chi connectivity index (χ2v) is 7.87. The average molecular weight is 285 g/mol. The number of nitrogens with one attached hydrogen (secondary N) is 2. The highest BCUT2D eigenvalue weighted by atomic mass is 32.2. The lowest BCUT2D eigenvalue weighted by Crippen LogP contribution is -2.40. The molecule has 2 N–H and O–H groups in total. The minimum absolute atomic E-state index is 0.361. The van der Waals surface area contributed by atoms with Gasteiger partial charge in [-0.15, -0.1) is 0 Å². The van der Waals surface area contributed by atoms with Crippen molar-refractivity contribution in [2.75, 3.05) is 7.05 Å². The Hall–Kier alpha value is -0.850. The van der Waals surface area contributed by atoms with E-state index in [0.29, 0.717) is 17.5 Å². The minimum Gasteiger partial charge on any atom is -0.346 e. The van der Waals surface area contributed by atoms with Gasteiger partial charge in [0.25, 0.3) is 0 Å². The first-order chi connectivity index (χ1) is 8.73. The van der Waals surface area contributed by atoms with Crippen molar-refractivity contribution in [3.63, 3.8) is 0 Å². The third-order valence-corrected chi connectivity index (χ3v) is 4.68. The van der Waals surface area contributed by atoms with Crippen molar-refractivity contribution < 1.29 is 8.42 Å². The third-order valence-electron chi connectivity index (χ3n) is 2.96. The third kappa shape index (κ3) is 3.58. The fourth-order valence-electron chi connectivity index (χ4n) is 2.12. The summed E-state index contributed by atoms with van der Waals surface area (Å²) in [6.45, 7) is 6.21. The topological polar surface area (TPSA) is 63.1 Å². The summed E-state index contributed by atoms with van der Waals surface area (Å²) < 4.78 is 29.4. The Morgan fingerprint density at radius 2 is 2.00 bits per heavy atom. The Bertz CT molecular complexity index is 551. The Morgan fingerprint density at radius 3 is 2.47 bits per heavy atom. The summed E-state index contributed by atoms with van der Waals surface area (Å²) in [5.74, 6) is 0. The molecule has 2 rings (SSSR count). The van der Waals surface area contributed by atoms with E-state index in [4.69, 9.17) is 0 Å². The summed E-state index contributed by atoms with van der Waals surface area (Å²) in [4.78, 5) is 0.361. The maximum absolute atomic E-state index is 12.3. The van der Waals surface area contributed by atoms with Crippen molar-refractivity contribution >= 4 is 10.0 Å². The van der Waals surface area contributed by atoms with Crippen molar-refractivity contribution in [2.45, 2.75) is 56.6 Å². The van der Waals surface area contributed by atoms with Gasteiger partial charge in [-0.1, -0.05) is 0 Å². The number of aromatic nitrogens is 1. The zero-order valence-corrected chi connectivity index (χ0v) is 12.8. The van der Waals surface area contributed by atoms with Crippen LogP contribution in [0.15, 0.2) is 17.2 Å². The van der Waals surface area contributed by atoms with Gasteiger partial charge in [-0.2, -0.15) is 0 Å². The molecule has 108 valence electrons. The maximum Gasteiger partial charge on any atom is 0.242 e. The molecular weight excluding hydrogens is 262 g/mol. The van der Waals surface area contributed by atoms with Crippen LogP contribution in [0.25, 0.3) is 0 Å². The van der Waals surface area contributed by atoms with Crippen molar-refractivity contribution in [2.24, 2.45) is 0 Å². The SMILES string of the molecule is CNCc1cc(S(=O)(=O)NC(C)(C)C)cn1C1CC1. The van der Waals surface area contributed by atoms with Crippen molar-refractivity contribution in [3.05, 3.63) is 18.0 Å². The molecule has 5 nitrogen and oxygen atoms in total. The van der Waals surface area contributed by atoms with E-state index >= 15 is 0 Å². The number of hydrogen-bond donors (Lipinski definition) is 2. The van der Waals surface area contributed by atoms with Crippen LogP contribution < -0.4 is 10.0 Å². The molecule has 0 bridgehead atoms. The van der Waals surface area contributed by atoms with Crippen LogP contribution in [-0.2, 0) is 16.6 Å². The molecule has 1 aliphatic rings. The molecule has 1 aliphatic carbocycles. The Labute approximate surface area is 115 Å². The fraction of sp³-hybridized carbons (Fsp3) is 0.692. The molecule has 19 heavy (non-hydrogen) atoms. The smallest absolute Gasteiger partial charge is 0.242 e. The molecular formula is C13H23N3O2S. The quantitative estimate of drug-likeness (QED) is 0.864. The molecule has 0 amide bonds. The average Bonchev–Trinajstić information content (AvgIpc) is 2.97. The van der Waals surface area contributed by atoms with Gasteiger partial charge in [0.15, 0.2) is 0 Å². The molecule has 0 unspecified atom stereocenters. The highest BCUT2D eigenvalue weighted by Gasteiger charge is 2.29. The number of nitrogens with zero attached hydrogens (tertiary/aromatic N) is 1. The Balaban J connectivity index is 2.32. The highest BCUT2D eigenvalue weighted by Crippen LogP contribution is 2.37. The molecule has 0 radical (unpaired) electrons. The standard InChI is InChI=1S/C13H23N3O2S/c1-13(2,3)15-19(17,18)12-7-11(8-14-4)16(9-12)10-5-6-10/h7,9-10,14-15H,5-6,8H2,1-4H3. The van der Waals surface area contributed by atoms with Crippen molar-refractivity contribution in [1.82, 2.24) is 14.6 Å². The lowest BCUT2D eigenvalue weighted by Gasteiger charge is -2.19. The first kappa shape index (κ1) is 14.6. The summed E-state index contributed by atoms with van der Waals surface area (Å²) in [5.41, 5.74) is 0.559. The van der Waals surface area contributed by atoms with E-state index in [0.717, 1.165) is 18.5 Å². The van der Waals surface area contributed by atoms with Gasteiger partial charge in [0, 0.05) is 30.0 Å². The molecule has 0 aliphatic heterocycles. The van der Waals surface area contributed by atoms with E-state index in [1.165, 1.54) is 0 Å². The van der Waals surface area contributed by atoms with Crippen molar-refractivity contribution in [1.29, 1.82) is 0 Å². The van der Waals surface area contributed by atoms with Gasteiger partial charge in [-0.05, 0) is 46.7 Å². The van der Waals surface area contributed by atoms with Crippen molar-refractivity contribution in [3.8, 4) is 0 Å². The second-order valence-electron chi connectivity index (χ2n) is 6.19. The first-order valence-electron chi connectivity index (χ1n) is 6.62. The Morgan fingerprint density at radius 1 is 1.37 bits per heavy atom. The van der Waals surface area contributed by atoms with Gasteiger partial charge >= 0.3 is 0 Å². The number of hydrogen-bond acceptors (Lipinski definition) is 3. The molecule has 1 fully saturated rings. The zero-order chi connectivity index (χ0) is 14.3. The normalized spacial score (nSPS) is 16.8. The van der Waals surface area contributed by atoms with Gasteiger partial charge in [0.05, 0.1) is 4.90 Å². The number of sulfonamides is 1. The van der Waals surface area contributed by atoms with Crippen LogP contribution >= 0.6 is 0 Å². The van der Waals surface area contributed by atoms with E-state index in [-0.39, 0.29) is 0 Å². The van der Waals surface area contributed by atoms with E-state index in [1.54, 1.807) is 12.3 Å². The minimum atomic E-state index is -3.44. The van der Waals surface area contributed by atoms with Gasteiger partial charge < -0.3 is 9.88 Å². The first-order valence-corrected chi connectivity index (χ1v) is 8.10. The second kappa shape index (κ2) is 4.92. The molecule has 0 aromatic carbocycles. The van der Waals surface area contributed by atoms with E-state index in [9.17, 15) is 8.42 Å². The zero-order valence-electron chi connectivity index (χ0n) is 12.0. The summed E-state index contributed by atoms with van der Waals surface area (Å²) in [6, 6.07) is 2.24. The molecule has 0 saturated heterocycles. The van der Waals surface area contributed by atoms with E-state index in [1.807, 2.05) is 27.8 Å². The summed E-state index contributed by atoms with van der Waals surface area (Å²) >= 11 is 0. The van der Waals surface area contributed by atoms with E-state index in [2.05, 4.69) is 14.6 Å². The van der Waals surface area contributed by atoms with Gasteiger partial charge in [-0.25, -0.2) is 13.1 Å². The summed E-state index contributed by atoms with van der Waals surface area (Å²) in [5, 5.41) is 3.08. The monoisotopic (exact) mass is 285 g/mol. The molecule has 0 atom stereocenters. The largest absolute Gasteiger partial charge is 0.346 e. The van der Waals surface area contributed by atoms with Crippen LogP contribution in [0.4, 0.5) is 0 Å². The lowest BCUT2D eigenvalue weighted by molar-refractivity contribution is 0.491.